The molecule has 1 aliphatic carbocycles. The SMILES string of the molecule is ICc1ccc(C2c3ccccc3CCc3ccccc32)cc1. The molecule has 0 radical (unpaired) electrons. The second kappa shape index (κ2) is 6.48. The third kappa shape index (κ3) is 2.83. The minimum Gasteiger partial charge on any atom is -0.0812 e. The molecule has 0 amide bonds. The fraction of sp³-hybridized carbons (Fsp3) is 0.182. The quantitative estimate of drug-likeness (QED) is 0.365. The smallest absolute Gasteiger partial charge is 0.0345 e. The Hall–Kier alpha value is -1.61. The standard InChI is InChI=1S/C22H19I/c23-15-16-9-11-19(12-10-16)22-20-7-3-1-5-17(20)13-14-18-6-2-4-8-21(18)22/h1-12,22H,13-15H2. The summed E-state index contributed by atoms with van der Waals surface area (Å²) in [6, 6.07) is 27.1. The first-order chi connectivity index (χ1) is 11.4. The molecule has 0 saturated carbocycles. The lowest BCUT2D eigenvalue weighted by atomic mass is 9.82. The molecule has 0 spiro atoms. The average molecular weight is 410 g/mol. The van der Waals surface area contributed by atoms with Crippen LogP contribution >= 0.6 is 22.6 Å². The molecule has 0 nitrogen and oxygen atoms in total. The van der Waals surface area contributed by atoms with Crippen LogP contribution in [0.2, 0.25) is 0 Å². The van der Waals surface area contributed by atoms with Gasteiger partial charge in [-0.05, 0) is 46.2 Å². The zero-order valence-electron chi connectivity index (χ0n) is 13.0. The van der Waals surface area contributed by atoms with E-state index in [4.69, 9.17) is 0 Å². The number of alkyl halides is 1. The first-order valence-electron chi connectivity index (χ1n) is 8.17. The number of rotatable bonds is 2. The van der Waals surface area contributed by atoms with Crippen molar-refractivity contribution in [3.63, 3.8) is 0 Å². The van der Waals surface area contributed by atoms with E-state index in [1.165, 1.54) is 33.4 Å². The van der Waals surface area contributed by atoms with Crippen molar-refractivity contribution in [2.75, 3.05) is 0 Å². The summed E-state index contributed by atoms with van der Waals surface area (Å²) in [4.78, 5) is 0. The van der Waals surface area contributed by atoms with E-state index in [0.29, 0.717) is 5.92 Å². The molecule has 4 rings (SSSR count). The van der Waals surface area contributed by atoms with E-state index < -0.39 is 0 Å². The Balaban J connectivity index is 1.92. The van der Waals surface area contributed by atoms with Crippen molar-refractivity contribution in [1.29, 1.82) is 0 Å². The fourth-order valence-corrected chi connectivity index (χ4v) is 4.19. The topological polar surface area (TPSA) is 0 Å². The molecule has 0 saturated heterocycles. The van der Waals surface area contributed by atoms with Crippen LogP contribution in [0.4, 0.5) is 0 Å². The van der Waals surface area contributed by atoms with Gasteiger partial charge in [-0.25, -0.2) is 0 Å². The van der Waals surface area contributed by atoms with E-state index in [0.717, 1.165) is 17.3 Å². The molecular formula is C22H19I. The van der Waals surface area contributed by atoms with Gasteiger partial charge >= 0.3 is 0 Å². The molecule has 114 valence electrons. The fourth-order valence-electron chi connectivity index (χ4n) is 3.68. The van der Waals surface area contributed by atoms with Gasteiger partial charge in [0.15, 0.2) is 0 Å². The highest BCUT2D eigenvalue weighted by atomic mass is 127. The van der Waals surface area contributed by atoms with Crippen LogP contribution in [0.15, 0.2) is 72.8 Å². The number of benzene rings is 3. The van der Waals surface area contributed by atoms with Crippen molar-refractivity contribution in [1.82, 2.24) is 0 Å². The van der Waals surface area contributed by atoms with Crippen molar-refractivity contribution in [3.8, 4) is 0 Å². The molecule has 0 atom stereocenters. The van der Waals surface area contributed by atoms with E-state index in [1.807, 2.05) is 0 Å². The third-order valence-electron chi connectivity index (χ3n) is 4.86. The van der Waals surface area contributed by atoms with E-state index in [1.54, 1.807) is 0 Å². The molecule has 0 N–H and O–H groups in total. The van der Waals surface area contributed by atoms with E-state index >= 15 is 0 Å². The van der Waals surface area contributed by atoms with Crippen LogP contribution in [-0.2, 0) is 17.3 Å². The van der Waals surface area contributed by atoms with E-state index in [-0.39, 0.29) is 0 Å². The highest BCUT2D eigenvalue weighted by Gasteiger charge is 2.24. The molecule has 3 aromatic rings. The first-order valence-corrected chi connectivity index (χ1v) is 9.70. The maximum Gasteiger partial charge on any atom is 0.0345 e. The van der Waals surface area contributed by atoms with Crippen molar-refractivity contribution < 1.29 is 0 Å². The lowest BCUT2D eigenvalue weighted by molar-refractivity contribution is 0.965. The van der Waals surface area contributed by atoms with Crippen molar-refractivity contribution in [3.05, 3.63) is 106 Å². The van der Waals surface area contributed by atoms with Crippen LogP contribution in [0.1, 0.15) is 39.3 Å². The summed E-state index contributed by atoms with van der Waals surface area (Å²) >= 11 is 2.43. The van der Waals surface area contributed by atoms with Crippen LogP contribution < -0.4 is 0 Å². The van der Waals surface area contributed by atoms with Crippen molar-refractivity contribution in [2.24, 2.45) is 0 Å². The molecular weight excluding hydrogens is 391 g/mol. The van der Waals surface area contributed by atoms with Gasteiger partial charge in [-0.15, -0.1) is 0 Å². The molecule has 23 heavy (non-hydrogen) atoms. The summed E-state index contributed by atoms with van der Waals surface area (Å²) < 4.78 is 1.07. The minimum atomic E-state index is 0.355. The van der Waals surface area contributed by atoms with E-state index in [2.05, 4.69) is 95.4 Å². The Morgan fingerprint density at radius 2 is 1.22 bits per heavy atom. The second-order valence-corrected chi connectivity index (χ2v) is 6.97. The number of halogens is 1. The first kappa shape index (κ1) is 14.9. The lowest BCUT2D eigenvalue weighted by Crippen LogP contribution is -2.05. The minimum absolute atomic E-state index is 0.355. The van der Waals surface area contributed by atoms with Crippen LogP contribution in [0.3, 0.4) is 0 Å². The van der Waals surface area contributed by atoms with Gasteiger partial charge in [0.2, 0.25) is 0 Å². The molecule has 1 aliphatic rings. The molecule has 0 aromatic heterocycles. The Kier molecular flexibility index (Phi) is 4.21. The number of aryl methyl sites for hydroxylation is 2. The highest BCUT2D eigenvalue weighted by molar-refractivity contribution is 14.1. The zero-order chi connectivity index (χ0) is 15.6. The molecule has 0 aliphatic heterocycles. The largest absolute Gasteiger partial charge is 0.0812 e. The molecule has 1 heteroatoms. The number of fused-ring (bicyclic) bond motifs is 2. The summed E-state index contributed by atoms with van der Waals surface area (Å²) in [6.45, 7) is 0. The van der Waals surface area contributed by atoms with Crippen LogP contribution in [-0.4, -0.2) is 0 Å². The van der Waals surface area contributed by atoms with Gasteiger partial charge in [0, 0.05) is 10.3 Å². The summed E-state index contributed by atoms with van der Waals surface area (Å²) in [7, 11) is 0. The number of hydrogen-bond donors (Lipinski definition) is 0. The molecule has 0 heterocycles. The molecule has 3 aromatic carbocycles. The molecule has 0 fully saturated rings. The summed E-state index contributed by atoms with van der Waals surface area (Å²) in [5, 5.41) is 0. The maximum absolute atomic E-state index is 2.43. The zero-order valence-corrected chi connectivity index (χ0v) is 15.2. The predicted octanol–water partition coefficient (Wildman–Crippen LogP) is 5.90. The predicted molar refractivity (Wildman–Crippen MR) is 105 cm³/mol. The normalized spacial score (nSPS) is 14.0. The van der Waals surface area contributed by atoms with Gasteiger partial charge in [0.1, 0.15) is 0 Å². The molecule has 0 bridgehead atoms. The van der Waals surface area contributed by atoms with Crippen LogP contribution in [0.5, 0.6) is 0 Å². The lowest BCUT2D eigenvalue weighted by Gasteiger charge is -2.21. The summed E-state index contributed by atoms with van der Waals surface area (Å²) in [5.41, 5.74) is 8.72. The van der Waals surface area contributed by atoms with Gasteiger partial charge in [-0.3, -0.25) is 0 Å². The van der Waals surface area contributed by atoms with Gasteiger partial charge in [-0.1, -0.05) is 95.4 Å². The van der Waals surface area contributed by atoms with Gasteiger partial charge in [0.05, 0.1) is 0 Å². The monoisotopic (exact) mass is 410 g/mol. The number of hydrogen-bond acceptors (Lipinski definition) is 0. The van der Waals surface area contributed by atoms with Gasteiger partial charge in [-0.2, -0.15) is 0 Å². The Labute approximate surface area is 151 Å². The Bertz CT molecular complexity index is 770. The molecule has 0 unspecified atom stereocenters. The van der Waals surface area contributed by atoms with Crippen molar-refractivity contribution >= 4 is 22.6 Å². The Morgan fingerprint density at radius 1 is 0.696 bits per heavy atom. The Morgan fingerprint density at radius 3 is 1.74 bits per heavy atom. The van der Waals surface area contributed by atoms with Crippen molar-refractivity contribution in [2.45, 2.75) is 23.2 Å². The van der Waals surface area contributed by atoms with Gasteiger partial charge < -0.3 is 0 Å². The maximum atomic E-state index is 2.43. The van der Waals surface area contributed by atoms with Crippen LogP contribution in [0, 0.1) is 0 Å². The third-order valence-corrected chi connectivity index (χ3v) is 5.74. The van der Waals surface area contributed by atoms with Gasteiger partial charge in [0.25, 0.3) is 0 Å². The summed E-state index contributed by atoms with van der Waals surface area (Å²) in [5.74, 6) is 0.355. The second-order valence-electron chi connectivity index (χ2n) is 6.21. The summed E-state index contributed by atoms with van der Waals surface area (Å²) in [6.07, 6.45) is 2.27. The van der Waals surface area contributed by atoms with E-state index in [9.17, 15) is 0 Å². The average Bonchev–Trinajstić information content (AvgIpc) is 2.79. The highest BCUT2D eigenvalue weighted by Crippen LogP contribution is 2.38. The van der Waals surface area contributed by atoms with Crippen LogP contribution in [0.25, 0.3) is 0 Å².